The van der Waals surface area contributed by atoms with Crippen molar-refractivity contribution in [3.05, 3.63) is 29.5 Å². The second-order valence-corrected chi connectivity index (χ2v) is 3.56. The molecule has 0 heterocycles. The summed E-state index contributed by atoms with van der Waals surface area (Å²) in [7, 11) is 2.61. The van der Waals surface area contributed by atoms with Crippen molar-refractivity contribution >= 4 is 0 Å². The van der Waals surface area contributed by atoms with Gasteiger partial charge in [0.25, 0.3) is 0 Å². The first-order valence-corrected chi connectivity index (χ1v) is 5.43. The molecule has 0 amide bonds. The van der Waals surface area contributed by atoms with Gasteiger partial charge in [-0.05, 0) is 37.5 Å². The lowest BCUT2D eigenvalue weighted by Gasteiger charge is -2.15. The van der Waals surface area contributed by atoms with Crippen molar-refractivity contribution in [1.29, 1.82) is 0 Å². The molecule has 0 aliphatic heterocycles. The predicted octanol–water partition coefficient (Wildman–Crippen LogP) is 2.71. The van der Waals surface area contributed by atoms with Crippen LogP contribution in [0.1, 0.15) is 16.5 Å². The molecule has 0 bridgehead atoms. The Kier molecular flexibility index (Phi) is 4.03. The molecule has 1 aromatic carbocycles. The number of nitrogens with two attached hydrogens (primary N) is 1. The molecule has 19 heavy (non-hydrogen) atoms. The van der Waals surface area contributed by atoms with Gasteiger partial charge in [0.1, 0.15) is 0 Å². The van der Waals surface area contributed by atoms with Crippen LogP contribution < -0.4 is 19.9 Å². The summed E-state index contributed by atoms with van der Waals surface area (Å²) in [5.74, 6) is -1.50. The SMILES string of the molecule is [2H]C([2H])([2H])C(Oc1c(OC)cc(CCN)cc1OC)=C(F)F. The zero-order chi connectivity index (χ0) is 16.9. The van der Waals surface area contributed by atoms with Crippen molar-refractivity contribution in [1.82, 2.24) is 0 Å². The average molecular weight is 276 g/mol. The fourth-order valence-electron chi connectivity index (χ4n) is 1.49. The molecule has 106 valence electrons. The first-order valence-electron chi connectivity index (χ1n) is 6.93. The maximum atomic E-state index is 12.8. The van der Waals surface area contributed by atoms with Crippen LogP contribution >= 0.6 is 0 Å². The molecule has 0 saturated carbocycles. The molecular formula is C13H17F2NO3. The van der Waals surface area contributed by atoms with Crippen molar-refractivity contribution in [2.24, 2.45) is 5.73 Å². The Morgan fingerprint density at radius 1 is 1.26 bits per heavy atom. The van der Waals surface area contributed by atoms with Gasteiger partial charge in [0, 0.05) is 4.11 Å². The van der Waals surface area contributed by atoms with E-state index in [9.17, 15) is 8.78 Å². The number of ether oxygens (including phenoxy) is 3. The molecule has 1 rings (SSSR count). The fraction of sp³-hybridized carbons (Fsp3) is 0.385. The van der Waals surface area contributed by atoms with Crippen LogP contribution in [0, 0.1) is 0 Å². The summed E-state index contributed by atoms with van der Waals surface area (Å²) in [4.78, 5) is 0. The summed E-state index contributed by atoms with van der Waals surface area (Å²) < 4.78 is 62.1. The van der Waals surface area contributed by atoms with E-state index in [0.717, 1.165) is 5.56 Å². The van der Waals surface area contributed by atoms with E-state index in [1.165, 1.54) is 26.4 Å². The van der Waals surface area contributed by atoms with Crippen LogP contribution in [0.5, 0.6) is 17.2 Å². The Morgan fingerprint density at radius 3 is 2.21 bits per heavy atom. The van der Waals surface area contributed by atoms with Crippen molar-refractivity contribution in [2.45, 2.75) is 13.3 Å². The number of benzene rings is 1. The smallest absolute Gasteiger partial charge is 0.307 e. The number of methoxy groups -OCH3 is 2. The van der Waals surface area contributed by atoms with E-state index < -0.39 is 18.7 Å². The van der Waals surface area contributed by atoms with E-state index in [-0.39, 0.29) is 17.2 Å². The highest BCUT2D eigenvalue weighted by Crippen LogP contribution is 2.40. The lowest BCUT2D eigenvalue weighted by atomic mass is 10.1. The minimum absolute atomic E-state index is 0.0748. The molecule has 0 radical (unpaired) electrons. The minimum Gasteiger partial charge on any atom is -0.493 e. The lowest BCUT2D eigenvalue weighted by molar-refractivity contribution is 0.297. The standard InChI is InChI=1S/C13H17F2NO3/c1-8(13(14)15)19-12-10(17-2)6-9(4-5-16)7-11(12)18-3/h6-7H,4-5,16H2,1-3H3/i1D3. The van der Waals surface area contributed by atoms with Gasteiger partial charge in [-0.2, -0.15) is 8.78 Å². The highest BCUT2D eigenvalue weighted by atomic mass is 19.3. The number of hydrogen-bond acceptors (Lipinski definition) is 4. The minimum atomic E-state index is -3.11. The number of allylic oxidation sites excluding steroid dienone is 1. The topological polar surface area (TPSA) is 53.7 Å². The quantitative estimate of drug-likeness (QED) is 0.812. The predicted molar refractivity (Wildman–Crippen MR) is 67.8 cm³/mol. The Labute approximate surface area is 115 Å². The van der Waals surface area contributed by atoms with Crippen molar-refractivity contribution in [3.8, 4) is 17.2 Å². The van der Waals surface area contributed by atoms with Gasteiger partial charge in [0.15, 0.2) is 17.3 Å². The molecule has 4 nitrogen and oxygen atoms in total. The molecular weight excluding hydrogens is 256 g/mol. The van der Waals surface area contributed by atoms with Crippen LogP contribution in [0.25, 0.3) is 0 Å². The van der Waals surface area contributed by atoms with Crippen LogP contribution in [0.4, 0.5) is 8.78 Å². The van der Waals surface area contributed by atoms with E-state index in [4.69, 9.17) is 24.1 Å². The normalized spacial score (nSPS) is 13.0. The molecule has 0 saturated heterocycles. The van der Waals surface area contributed by atoms with Gasteiger partial charge in [-0.15, -0.1) is 0 Å². The van der Waals surface area contributed by atoms with Crippen molar-refractivity contribution < 1.29 is 27.1 Å². The summed E-state index contributed by atoms with van der Waals surface area (Å²) >= 11 is 0. The van der Waals surface area contributed by atoms with E-state index >= 15 is 0 Å². The van der Waals surface area contributed by atoms with E-state index in [0.29, 0.717) is 13.0 Å². The second kappa shape index (κ2) is 6.94. The lowest BCUT2D eigenvalue weighted by Crippen LogP contribution is -2.05. The Balaban J connectivity index is 3.37. The van der Waals surface area contributed by atoms with E-state index in [1.807, 2.05) is 0 Å². The van der Waals surface area contributed by atoms with Gasteiger partial charge in [-0.1, -0.05) is 0 Å². The molecule has 1 aromatic rings. The summed E-state index contributed by atoms with van der Waals surface area (Å²) in [6.45, 7) is -2.74. The van der Waals surface area contributed by atoms with Crippen molar-refractivity contribution in [3.63, 3.8) is 0 Å². The number of hydrogen-bond donors (Lipinski definition) is 1. The van der Waals surface area contributed by atoms with Crippen LogP contribution in [0.2, 0.25) is 0 Å². The zero-order valence-electron chi connectivity index (χ0n) is 13.6. The van der Waals surface area contributed by atoms with Gasteiger partial charge < -0.3 is 19.9 Å². The third kappa shape index (κ3) is 3.82. The zero-order valence-corrected chi connectivity index (χ0v) is 10.6. The first-order chi connectivity index (χ1) is 10.2. The number of halogens is 2. The Morgan fingerprint density at radius 2 is 1.84 bits per heavy atom. The van der Waals surface area contributed by atoms with Gasteiger partial charge >= 0.3 is 6.08 Å². The summed E-state index contributed by atoms with van der Waals surface area (Å²) in [5, 5.41) is 0. The average Bonchev–Trinajstić information content (AvgIpc) is 2.43. The fourth-order valence-corrected chi connectivity index (χ4v) is 1.49. The van der Waals surface area contributed by atoms with Gasteiger partial charge in [-0.3, -0.25) is 0 Å². The van der Waals surface area contributed by atoms with Crippen LogP contribution in [0.3, 0.4) is 0 Å². The second-order valence-electron chi connectivity index (χ2n) is 3.56. The van der Waals surface area contributed by atoms with Crippen LogP contribution in [-0.2, 0) is 6.42 Å². The molecule has 0 aromatic heterocycles. The van der Waals surface area contributed by atoms with Gasteiger partial charge in [0.05, 0.1) is 14.2 Å². The molecule has 0 spiro atoms. The van der Waals surface area contributed by atoms with Crippen molar-refractivity contribution in [2.75, 3.05) is 20.8 Å². The Bertz CT molecular complexity index is 533. The molecule has 0 aliphatic rings. The Hall–Kier alpha value is -1.82. The largest absolute Gasteiger partial charge is 0.493 e. The third-order valence-corrected chi connectivity index (χ3v) is 2.33. The molecule has 0 unspecified atom stereocenters. The summed E-state index contributed by atoms with van der Waals surface area (Å²) in [6.07, 6.45) is -1.93. The first kappa shape index (κ1) is 11.0. The van der Waals surface area contributed by atoms with Gasteiger partial charge in [0.2, 0.25) is 5.75 Å². The molecule has 6 heteroatoms. The van der Waals surface area contributed by atoms with Crippen LogP contribution in [0.15, 0.2) is 24.0 Å². The maximum Gasteiger partial charge on any atom is 0.307 e. The van der Waals surface area contributed by atoms with Gasteiger partial charge in [-0.25, -0.2) is 0 Å². The molecule has 2 N–H and O–H groups in total. The molecule has 0 fully saturated rings. The van der Waals surface area contributed by atoms with E-state index in [2.05, 4.69) is 0 Å². The molecule has 0 atom stereocenters. The summed E-state index contributed by atoms with van der Waals surface area (Å²) in [5.41, 5.74) is 6.20. The van der Waals surface area contributed by atoms with Crippen LogP contribution in [-0.4, -0.2) is 20.8 Å². The maximum absolute atomic E-state index is 12.8. The highest BCUT2D eigenvalue weighted by molar-refractivity contribution is 5.54. The third-order valence-electron chi connectivity index (χ3n) is 2.33. The molecule has 0 aliphatic carbocycles. The number of rotatable bonds is 6. The highest BCUT2D eigenvalue weighted by Gasteiger charge is 2.16. The van der Waals surface area contributed by atoms with E-state index in [1.54, 1.807) is 0 Å². The monoisotopic (exact) mass is 276 g/mol. The summed E-state index contributed by atoms with van der Waals surface area (Å²) in [6, 6.07) is 3.05.